The summed E-state index contributed by atoms with van der Waals surface area (Å²) in [4.78, 5) is 4.49. The minimum Gasteiger partial charge on any atom is -0.373 e. The highest BCUT2D eigenvalue weighted by Gasteiger charge is 2.16. The molecule has 5 heteroatoms. The van der Waals surface area contributed by atoms with E-state index in [9.17, 15) is 0 Å². The molecule has 3 nitrogen and oxygen atoms in total. The minimum atomic E-state index is 0.494. The Hall–Kier alpha value is -0.360. The first-order chi connectivity index (χ1) is 8.02. The van der Waals surface area contributed by atoms with Crippen LogP contribution in [0.1, 0.15) is 18.9 Å². The van der Waals surface area contributed by atoms with Gasteiger partial charge < -0.3 is 15.5 Å². The van der Waals surface area contributed by atoms with Crippen LogP contribution in [-0.2, 0) is 6.54 Å². The molecule has 1 aromatic rings. The fourth-order valence-electron chi connectivity index (χ4n) is 1.87. The number of hydrogen-bond donors (Lipinski definition) is 1. The second-order valence-electron chi connectivity index (χ2n) is 4.36. The molecule has 96 valence electrons. The molecule has 0 amide bonds. The van der Waals surface area contributed by atoms with Crippen molar-refractivity contribution in [1.29, 1.82) is 0 Å². The van der Waals surface area contributed by atoms with E-state index in [4.69, 9.17) is 30.2 Å². The summed E-state index contributed by atoms with van der Waals surface area (Å²) in [6, 6.07) is 0. The second kappa shape index (κ2) is 6.54. The average molecular weight is 271 g/mol. The summed E-state index contributed by atoms with van der Waals surface area (Å²) in [6.45, 7) is 5.84. The number of anilines is 1. The van der Waals surface area contributed by atoms with E-state index in [0.717, 1.165) is 46.3 Å². The van der Waals surface area contributed by atoms with Crippen LogP contribution < -0.4 is 10.6 Å². The summed E-state index contributed by atoms with van der Waals surface area (Å²) in [7, 11) is 4.19. The third kappa shape index (κ3) is 3.31. The van der Waals surface area contributed by atoms with E-state index in [1.54, 1.807) is 0 Å². The lowest BCUT2D eigenvalue weighted by molar-refractivity contribution is 0.349. The van der Waals surface area contributed by atoms with Crippen LogP contribution in [0, 0.1) is 9.02 Å². The van der Waals surface area contributed by atoms with Crippen molar-refractivity contribution < 1.29 is 0 Å². The smallest absolute Gasteiger partial charge is 0.0799 e. The molecule has 0 aliphatic carbocycles. The van der Waals surface area contributed by atoms with Crippen molar-refractivity contribution in [3.05, 3.63) is 14.6 Å². The largest absolute Gasteiger partial charge is 0.373 e. The minimum absolute atomic E-state index is 0.494. The molecule has 0 saturated heterocycles. The van der Waals surface area contributed by atoms with Gasteiger partial charge in [0.15, 0.2) is 0 Å². The summed E-state index contributed by atoms with van der Waals surface area (Å²) >= 11 is 10.4. The first-order valence-corrected chi connectivity index (χ1v) is 6.76. The van der Waals surface area contributed by atoms with Gasteiger partial charge >= 0.3 is 0 Å². The van der Waals surface area contributed by atoms with Gasteiger partial charge in [0.2, 0.25) is 0 Å². The second-order valence-corrected chi connectivity index (χ2v) is 5.18. The van der Waals surface area contributed by atoms with Crippen molar-refractivity contribution in [2.75, 3.05) is 38.6 Å². The first kappa shape index (κ1) is 14.7. The fourth-order valence-corrected chi connectivity index (χ4v) is 2.55. The van der Waals surface area contributed by atoms with Crippen LogP contribution in [0.5, 0.6) is 0 Å². The molecule has 0 aliphatic rings. The van der Waals surface area contributed by atoms with Gasteiger partial charge in [-0.25, -0.2) is 0 Å². The third-order valence-electron chi connectivity index (χ3n) is 3.14. The van der Waals surface area contributed by atoms with Crippen LogP contribution in [0.4, 0.5) is 5.69 Å². The number of rotatable bonds is 7. The number of hydrogen-bond acceptors (Lipinski definition) is 5. The van der Waals surface area contributed by atoms with E-state index >= 15 is 0 Å². The Morgan fingerprint density at radius 3 is 2.29 bits per heavy atom. The van der Waals surface area contributed by atoms with Crippen molar-refractivity contribution in [2.45, 2.75) is 19.9 Å². The zero-order valence-corrected chi connectivity index (χ0v) is 12.5. The normalized spacial score (nSPS) is 11.4. The Bertz CT molecular complexity index is 435. The molecule has 0 spiro atoms. The van der Waals surface area contributed by atoms with Crippen molar-refractivity contribution in [3.63, 3.8) is 0 Å². The van der Waals surface area contributed by atoms with Crippen LogP contribution in [0.2, 0.25) is 0 Å². The Morgan fingerprint density at radius 1 is 1.12 bits per heavy atom. The lowest BCUT2D eigenvalue weighted by Gasteiger charge is -2.26. The maximum Gasteiger partial charge on any atom is 0.0799 e. The highest BCUT2D eigenvalue weighted by atomic mass is 32.1. The molecule has 0 heterocycles. The summed E-state index contributed by atoms with van der Waals surface area (Å²) < 4.78 is 1.60. The zero-order valence-electron chi connectivity index (χ0n) is 10.8. The molecule has 0 fully saturated rings. The maximum absolute atomic E-state index is 5.67. The van der Waals surface area contributed by atoms with Gasteiger partial charge in [-0.15, -0.1) is 0 Å². The quantitative estimate of drug-likeness (QED) is 0.769. The Balaban J connectivity index is 2.53. The average Bonchev–Trinajstić information content (AvgIpc) is 2.33. The lowest BCUT2D eigenvalue weighted by Crippen LogP contribution is -2.27. The Labute approximate surface area is 114 Å². The molecule has 1 aromatic carbocycles. The zero-order chi connectivity index (χ0) is 13.0. The van der Waals surface area contributed by atoms with Gasteiger partial charge in [0.25, 0.3) is 0 Å². The molecule has 1 rings (SSSR count). The standard InChI is InChI=1S/C12H21N3S2/c1-4-14(2)6-5-7-15(3)10-9(8-13)11(16)12(10)17/h4-8,13H2,1-3H3. The van der Waals surface area contributed by atoms with Gasteiger partial charge in [-0.3, -0.25) is 0 Å². The lowest BCUT2D eigenvalue weighted by atomic mass is 10.1. The van der Waals surface area contributed by atoms with E-state index < -0.39 is 0 Å². The van der Waals surface area contributed by atoms with Crippen LogP contribution in [-0.4, -0.2) is 38.6 Å². The van der Waals surface area contributed by atoms with Crippen molar-refractivity contribution >= 4 is 30.1 Å². The molecule has 2 N–H and O–H groups in total. The highest BCUT2D eigenvalue weighted by molar-refractivity contribution is 7.74. The third-order valence-corrected chi connectivity index (χ3v) is 4.12. The summed E-state index contributed by atoms with van der Waals surface area (Å²) in [6.07, 6.45) is 1.12. The molecular weight excluding hydrogens is 250 g/mol. The summed E-state index contributed by atoms with van der Waals surface area (Å²) in [5.74, 6) is 0. The maximum atomic E-state index is 5.67. The van der Waals surface area contributed by atoms with Gasteiger partial charge in [-0.05, 0) is 26.6 Å². The van der Waals surface area contributed by atoms with Crippen LogP contribution in [0.3, 0.4) is 0 Å². The topological polar surface area (TPSA) is 32.5 Å². The monoisotopic (exact) mass is 271 g/mol. The predicted octanol–water partition coefficient (Wildman–Crippen LogP) is 2.26. The molecule has 0 saturated carbocycles. The summed E-state index contributed by atoms with van der Waals surface area (Å²) in [5, 5.41) is 0. The van der Waals surface area contributed by atoms with E-state index in [1.807, 2.05) is 0 Å². The van der Waals surface area contributed by atoms with Crippen molar-refractivity contribution in [1.82, 2.24) is 4.90 Å². The van der Waals surface area contributed by atoms with Gasteiger partial charge in [-0.1, -0.05) is 31.4 Å². The highest BCUT2D eigenvalue weighted by Crippen LogP contribution is 2.29. The van der Waals surface area contributed by atoms with Crippen LogP contribution >= 0.6 is 24.4 Å². The molecule has 0 unspecified atom stereocenters. The molecule has 17 heavy (non-hydrogen) atoms. The van der Waals surface area contributed by atoms with Gasteiger partial charge in [0, 0.05) is 25.7 Å². The molecule has 0 aliphatic heterocycles. The fraction of sp³-hybridized carbons (Fsp3) is 0.667. The van der Waals surface area contributed by atoms with E-state index in [1.165, 1.54) is 0 Å². The molecule has 0 aromatic heterocycles. The predicted molar refractivity (Wildman–Crippen MR) is 79.4 cm³/mol. The molecule has 0 bridgehead atoms. The SMILES string of the molecule is CCN(C)CCCN(C)c1c(CN)c(=S)c1=S. The first-order valence-electron chi connectivity index (χ1n) is 5.94. The Kier molecular flexibility index (Phi) is 5.66. The van der Waals surface area contributed by atoms with Crippen LogP contribution in [0.15, 0.2) is 0 Å². The van der Waals surface area contributed by atoms with E-state index in [2.05, 4.69) is 30.8 Å². The van der Waals surface area contributed by atoms with Gasteiger partial charge in [-0.2, -0.15) is 0 Å². The summed E-state index contributed by atoms with van der Waals surface area (Å²) in [5.41, 5.74) is 7.81. The van der Waals surface area contributed by atoms with Crippen LogP contribution in [0.25, 0.3) is 0 Å². The van der Waals surface area contributed by atoms with Gasteiger partial charge in [0.1, 0.15) is 0 Å². The number of nitrogens with two attached hydrogens (primary N) is 1. The van der Waals surface area contributed by atoms with Crippen molar-refractivity contribution in [3.8, 4) is 0 Å². The van der Waals surface area contributed by atoms with E-state index in [-0.39, 0.29) is 0 Å². The van der Waals surface area contributed by atoms with Gasteiger partial charge in [0.05, 0.1) is 14.7 Å². The molecule has 0 atom stereocenters. The molecular formula is C12H21N3S2. The number of nitrogens with zero attached hydrogens (tertiary/aromatic N) is 2. The van der Waals surface area contributed by atoms with E-state index in [0.29, 0.717) is 6.54 Å². The van der Waals surface area contributed by atoms with Crippen molar-refractivity contribution in [2.24, 2.45) is 5.73 Å². The Morgan fingerprint density at radius 2 is 1.76 bits per heavy atom. The molecule has 0 radical (unpaired) electrons.